The quantitative estimate of drug-likeness (QED) is 0.918. The highest BCUT2D eigenvalue weighted by Crippen LogP contribution is 2.27. The van der Waals surface area contributed by atoms with E-state index in [1.807, 2.05) is 0 Å². The normalized spacial score (nSPS) is 14.9. The first-order valence-electron chi connectivity index (χ1n) is 7.95. The van der Waals surface area contributed by atoms with Crippen LogP contribution in [0.2, 0.25) is 0 Å². The van der Waals surface area contributed by atoms with Crippen LogP contribution in [0.4, 0.5) is 0 Å². The minimum atomic E-state index is 0.228. The zero-order chi connectivity index (χ0) is 14.8. The molecule has 0 bridgehead atoms. The first kappa shape index (κ1) is 14.5. The molecule has 0 atom stereocenters. The van der Waals surface area contributed by atoms with Crippen molar-refractivity contribution in [1.82, 2.24) is 14.5 Å². The molecule has 1 aliphatic carbocycles. The lowest BCUT2D eigenvalue weighted by atomic mass is 9.91. The second-order valence-electron chi connectivity index (χ2n) is 6.31. The van der Waals surface area contributed by atoms with Gasteiger partial charge >= 0.3 is 0 Å². The molecule has 2 aromatic rings. The molecular formula is C17H25N3O. The number of rotatable bonds is 5. The van der Waals surface area contributed by atoms with E-state index in [2.05, 4.69) is 35.7 Å². The molecule has 1 aromatic heterocycles. The molecule has 0 fully saturated rings. The average molecular weight is 287 g/mol. The predicted octanol–water partition coefficient (Wildman–Crippen LogP) is 2.36. The van der Waals surface area contributed by atoms with Crippen LogP contribution in [0.5, 0.6) is 0 Å². The van der Waals surface area contributed by atoms with Gasteiger partial charge in [-0.25, -0.2) is 4.98 Å². The van der Waals surface area contributed by atoms with Gasteiger partial charge < -0.3 is 14.6 Å². The summed E-state index contributed by atoms with van der Waals surface area (Å²) in [6.07, 6.45) is 5.77. The van der Waals surface area contributed by atoms with Crippen molar-refractivity contribution >= 4 is 11.0 Å². The number of fused-ring (bicyclic) bond motifs is 2. The van der Waals surface area contributed by atoms with Gasteiger partial charge in [0.2, 0.25) is 0 Å². The maximum atomic E-state index is 9.16. The van der Waals surface area contributed by atoms with Crippen LogP contribution in [-0.2, 0) is 25.9 Å². The van der Waals surface area contributed by atoms with E-state index in [1.165, 1.54) is 42.3 Å². The Morgan fingerprint density at radius 3 is 2.57 bits per heavy atom. The van der Waals surface area contributed by atoms with Gasteiger partial charge in [0, 0.05) is 13.2 Å². The minimum absolute atomic E-state index is 0.228. The van der Waals surface area contributed by atoms with Crippen LogP contribution in [0.25, 0.3) is 11.0 Å². The van der Waals surface area contributed by atoms with Gasteiger partial charge in [-0.05, 0) is 69.5 Å². The molecule has 1 aliphatic rings. The zero-order valence-electron chi connectivity index (χ0n) is 13.1. The third kappa shape index (κ3) is 2.97. The highest BCUT2D eigenvalue weighted by molar-refractivity contribution is 5.78. The fraction of sp³-hybridized carbons (Fsp3) is 0.588. The van der Waals surface area contributed by atoms with Crippen LogP contribution in [0, 0.1) is 0 Å². The molecule has 4 heteroatoms. The van der Waals surface area contributed by atoms with Gasteiger partial charge in [-0.2, -0.15) is 0 Å². The summed E-state index contributed by atoms with van der Waals surface area (Å²) < 4.78 is 2.29. The standard InChI is InChI=1S/C17H25N3O/c1-19(2)12-17-18-15-10-13-6-3-4-7-14(13)11-16(15)20(17)8-5-9-21/h10-11,21H,3-9,12H2,1-2H3. The number of hydrogen-bond donors (Lipinski definition) is 1. The number of nitrogens with zero attached hydrogens (tertiary/aromatic N) is 3. The molecule has 0 spiro atoms. The Balaban J connectivity index is 2.07. The average Bonchev–Trinajstić information content (AvgIpc) is 2.78. The van der Waals surface area contributed by atoms with E-state index in [-0.39, 0.29) is 6.61 Å². The smallest absolute Gasteiger partial charge is 0.124 e. The van der Waals surface area contributed by atoms with Crippen molar-refractivity contribution in [3.63, 3.8) is 0 Å². The lowest BCUT2D eigenvalue weighted by Gasteiger charge is -2.16. The number of imidazole rings is 1. The second-order valence-corrected chi connectivity index (χ2v) is 6.31. The molecule has 0 unspecified atom stereocenters. The van der Waals surface area contributed by atoms with Gasteiger partial charge in [0.05, 0.1) is 17.6 Å². The summed E-state index contributed by atoms with van der Waals surface area (Å²) in [4.78, 5) is 7.00. The lowest BCUT2D eigenvalue weighted by molar-refractivity contribution is 0.278. The molecule has 1 heterocycles. The molecule has 0 radical (unpaired) electrons. The van der Waals surface area contributed by atoms with E-state index in [1.54, 1.807) is 0 Å². The van der Waals surface area contributed by atoms with Crippen LogP contribution in [0.3, 0.4) is 0 Å². The molecule has 4 nitrogen and oxygen atoms in total. The van der Waals surface area contributed by atoms with Crippen LogP contribution >= 0.6 is 0 Å². The van der Waals surface area contributed by atoms with Gasteiger partial charge in [-0.15, -0.1) is 0 Å². The Bertz CT molecular complexity index is 630. The number of aliphatic hydroxyl groups is 1. The van der Waals surface area contributed by atoms with Crippen LogP contribution in [0.1, 0.15) is 36.2 Å². The summed E-state index contributed by atoms with van der Waals surface area (Å²) in [6.45, 7) is 1.91. The van der Waals surface area contributed by atoms with Crippen molar-refractivity contribution in [1.29, 1.82) is 0 Å². The van der Waals surface area contributed by atoms with Crippen LogP contribution in [0.15, 0.2) is 12.1 Å². The first-order valence-corrected chi connectivity index (χ1v) is 7.95. The Morgan fingerprint density at radius 1 is 1.19 bits per heavy atom. The van der Waals surface area contributed by atoms with Crippen LogP contribution in [-0.4, -0.2) is 40.3 Å². The number of benzene rings is 1. The summed E-state index contributed by atoms with van der Waals surface area (Å²) in [5.74, 6) is 1.10. The Hall–Kier alpha value is -1.39. The molecule has 21 heavy (non-hydrogen) atoms. The van der Waals surface area contributed by atoms with Gasteiger partial charge in [0.15, 0.2) is 0 Å². The molecule has 0 saturated heterocycles. The molecule has 0 aliphatic heterocycles. The van der Waals surface area contributed by atoms with Crippen molar-refractivity contribution in [2.75, 3.05) is 20.7 Å². The predicted molar refractivity (Wildman–Crippen MR) is 85.5 cm³/mol. The molecule has 0 saturated carbocycles. The van der Waals surface area contributed by atoms with E-state index >= 15 is 0 Å². The highest BCUT2D eigenvalue weighted by Gasteiger charge is 2.16. The van der Waals surface area contributed by atoms with Gasteiger partial charge in [-0.1, -0.05) is 0 Å². The highest BCUT2D eigenvalue weighted by atomic mass is 16.3. The van der Waals surface area contributed by atoms with Gasteiger partial charge in [-0.3, -0.25) is 0 Å². The summed E-state index contributed by atoms with van der Waals surface area (Å²) >= 11 is 0. The summed E-state index contributed by atoms with van der Waals surface area (Å²) in [5, 5.41) is 9.16. The van der Waals surface area contributed by atoms with E-state index in [4.69, 9.17) is 10.1 Å². The second kappa shape index (κ2) is 6.16. The van der Waals surface area contributed by atoms with Crippen molar-refractivity contribution in [2.45, 2.75) is 45.2 Å². The first-order chi connectivity index (χ1) is 10.2. The number of aliphatic hydroxyl groups excluding tert-OH is 1. The number of aryl methyl sites for hydroxylation is 3. The third-order valence-corrected chi connectivity index (χ3v) is 4.29. The van der Waals surface area contributed by atoms with E-state index in [9.17, 15) is 0 Å². The Morgan fingerprint density at radius 2 is 1.90 bits per heavy atom. The monoisotopic (exact) mass is 287 g/mol. The fourth-order valence-corrected chi connectivity index (χ4v) is 3.29. The van der Waals surface area contributed by atoms with Crippen molar-refractivity contribution in [2.24, 2.45) is 0 Å². The molecule has 1 aromatic carbocycles. The fourth-order valence-electron chi connectivity index (χ4n) is 3.29. The molecule has 114 valence electrons. The molecule has 3 rings (SSSR count). The van der Waals surface area contributed by atoms with E-state index in [0.717, 1.165) is 30.9 Å². The van der Waals surface area contributed by atoms with Gasteiger partial charge in [0.1, 0.15) is 5.82 Å². The maximum absolute atomic E-state index is 9.16. The van der Waals surface area contributed by atoms with E-state index in [0.29, 0.717) is 0 Å². The largest absolute Gasteiger partial charge is 0.396 e. The van der Waals surface area contributed by atoms with Crippen molar-refractivity contribution < 1.29 is 5.11 Å². The minimum Gasteiger partial charge on any atom is -0.396 e. The number of hydrogen-bond acceptors (Lipinski definition) is 3. The number of aromatic nitrogens is 2. The molecule has 1 N–H and O–H groups in total. The summed E-state index contributed by atoms with van der Waals surface area (Å²) in [7, 11) is 4.14. The SMILES string of the molecule is CN(C)Cc1nc2cc3c(cc2n1CCCO)CCCC3. The molecule has 0 amide bonds. The zero-order valence-corrected chi connectivity index (χ0v) is 13.1. The Labute approximate surface area is 126 Å². The molecular weight excluding hydrogens is 262 g/mol. The van der Waals surface area contributed by atoms with Crippen molar-refractivity contribution in [3.05, 3.63) is 29.1 Å². The van der Waals surface area contributed by atoms with E-state index < -0.39 is 0 Å². The lowest BCUT2D eigenvalue weighted by Crippen LogP contribution is -2.16. The van der Waals surface area contributed by atoms with Gasteiger partial charge in [0.25, 0.3) is 0 Å². The Kier molecular flexibility index (Phi) is 4.27. The maximum Gasteiger partial charge on any atom is 0.124 e. The van der Waals surface area contributed by atoms with Crippen LogP contribution < -0.4 is 0 Å². The summed E-state index contributed by atoms with van der Waals surface area (Å²) in [6, 6.07) is 4.63. The third-order valence-electron chi connectivity index (χ3n) is 4.29. The summed E-state index contributed by atoms with van der Waals surface area (Å²) in [5.41, 5.74) is 5.33. The topological polar surface area (TPSA) is 41.3 Å². The van der Waals surface area contributed by atoms with Crippen molar-refractivity contribution in [3.8, 4) is 0 Å².